The summed E-state index contributed by atoms with van der Waals surface area (Å²) in [4.78, 5) is 0. The van der Waals surface area contributed by atoms with Gasteiger partial charge in [-0.05, 0) is 28.5 Å². The first-order chi connectivity index (χ1) is 5.75. The Morgan fingerprint density at radius 1 is 1.50 bits per heavy atom. The fourth-order valence-corrected chi connectivity index (χ4v) is 1.35. The summed E-state index contributed by atoms with van der Waals surface area (Å²) in [5, 5.41) is 3.07. The minimum Gasteiger partial charge on any atom is -0.313 e. The van der Waals surface area contributed by atoms with E-state index in [1.165, 1.54) is 0 Å². The number of hydrogen-bond acceptors (Lipinski definition) is 1. The third kappa shape index (κ3) is 2.29. The molecule has 1 nitrogen and oxygen atoms in total. The second-order valence-corrected chi connectivity index (χ2v) is 3.35. The second kappa shape index (κ2) is 4.58. The largest absolute Gasteiger partial charge is 0.313 e. The van der Waals surface area contributed by atoms with E-state index in [0.29, 0.717) is 16.6 Å². The SMILES string of the molecule is CCNCc1cccc(Br)c1F. The van der Waals surface area contributed by atoms with Gasteiger partial charge in [0.05, 0.1) is 4.47 Å². The third-order valence-corrected chi connectivity index (χ3v) is 2.21. The van der Waals surface area contributed by atoms with Crippen molar-refractivity contribution in [2.24, 2.45) is 0 Å². The highest BCUT2D eigenvalue weighted by Gasteiger charge is 2.03. The molecular formula is C9H11BrFN. The Morgan fingerprint density at radius 2 is 2.25 bits per heavy atom. The van der Waals surface area contributed by atoms with Gasteiger partial charge >= 0.3 is 0 Å². The average Bonchev–Trinajstić information content (AvgIpc) is 2.08. The molecule has 0 aliphatic carbocycles. The van der Waals surface area contributed by atoms with Gasteiger partial charge in [0.15, 0.2) is 0 Å². The first kappa shape index (κ1) is 9.68. The van der Waals surface area contributed by atoms with Gasteiger partial charge in [0.2, 0.25) is 0 Å². The van der Waals surface area contributed by atoms with Crippen LogP contribution in [0.25, 0.3) is 0 Å². The highest BCUT2D eigenvalue weighted by atomic mass is 79.9. The molecule has 1 rings (SSSR count). The van der Waals surface area contributed by atoms with Crippen LogP contribution in [-0.2, 0) is 6.54 Å². The lowest BCUT2D eigenvalue weighted by molar-refractivity contribution is 0.587. The number of nitrogens with one attached hydrogen (secondary N) is 1. The van der Waals surface area contributed by atoms with Gasteiger partial charge in [-0.1, -0.05) is 19.1 Å². The lowest BCUT2D eigenvalue weighted by atomic mass is 10.2. The van der Waals surface area contributed by atoms with E-state index in [1.807, 2.05) is 13.0 Å². The van der Waals surface area contributed by atoms with E-state index in [-0.39, 0.29) is 5.82 Å². The van der Waals surface area contributed by atoms with Crippen molar-refractivity contribution >= 4 is 15.9 Å². The summed E-state index contributed by atoms with van der Waals surface area (Å²) < 4.78 is 13.8. The molecule has 1 aromatic carbocycles. The fraction of sp³-hybridized carbons (Fsp3) is 0.333. The van der Waals surface area contributed by atoms with E-state index in [9.17, 15) is 4.39 Å². The molecule has 0 unspecified atom stereocenters. The molecule has 66 valence electrons. The molecule has 0 aromatic heterocycles. The van der Waals surface area contributed by atoms with Crippen molar-refractivity contribution in [3.63, 3.8) is 0 Å². The fourth-order valence-electron chi connectivity index (χ4n) is 0.945. The minimum absolute atomic E-state index is 0.168. The van der Waals surface area contributed by atoms with Crippen LogP contribution in [0.4, 0.5) is 4.39 Å². The molecule has 0 aliphatic heterocycles. The molecule has 0 bridgehead atoms. The maximum absolute atomic E-state index is 13.2. The van der Waals surface area contributed by atoms with Crippen molar-refractivity contribution in [1.29, 1.82) is 0 Å². The normalized spacial score (nSPS) is 10.2. The average molecular weight is 232 g/mol. The smallest absolute Gasteiger partial charge is 0.141 e. The van der Waals surface area contributed by atoms with Gasteiger partial charge < -0.3 is 5.32 Å². The third-order valence-electron chi connectivity index (χ3n) is 1.60. The van der Waals surface area contributed by atoms with Crippen molar-refractivity contribution in [1.82, 2.24) is 5.32 Å². The second-order valence-electron chi connectivity index (χ2n) is 2.49. The molecule has 3 heteroatoms. The Kier molecular flexibility index (Phi) is 3.69. The summed E-state index contributed by atoms with van der Waals surface area (Å²) in [6.45, 7) is 3.43. The van der Waals surface area contributed by atoms with E-state index >= 15 is 0 Å². The first-order valence-corrected chi connectivity index (χ1v) is 4.68. The molecule has 0 saturated carbocycles. The summed E-state index contributed by atoms with van der Waals surface area (Å²) >= 11 is 3.14. The van der Waals surface area contributed by atoms with Gasteiger partial charge in [0.25, 0.3) is 0 Å². The zero-order valence-electron chi connectivity index (χ0n) is 6.90. The number of benzene rings is 1. The summed E-state index contributed by atoms with van der Waals surface area (Å²) in [6.07, 6.45) is 0. The Morgan fingerprint density at radius 3 is 2.92 bits per heavy atom. The van der Waals surface area contributed by atoms with Crippen LogP contribution in [0.3, 0.4) is 0 Å². The lowest BCUT2D eigenvalue weighted by Crippen LogP contribution is -2.12. The van der Waals surface area contributed by atoms with Crippen LogP contribution < -0.4 is 5.32 Å². The van der Waals surface area contributed by atoms with E-state index in [4.69, 9.17) is 0 Å². The summed E-state index contributed by atoms with van der Waals surface area (Å²) in [5.74, 6) is -0.168. The number of hydrogen-bond donors (Lipinski definition) is 1. The molecule has 1 aromatic rings. The standard InChI is InChI=1S/C9H11BrFN/c1-2-12-6-7-4-3-5-8(10)9(7)11/h3-5,12H,2,6H2,1H3. The Labute approximate surface area is 80.1 Å². The molecule has 0 fully saturated rings. The lowest BCUT2D eigenvalue weighted by Gasteiger charge is -2.04. The van der Waals surface area contributed by atoms with Crippen LogP contribution in [0.5, 0.6) is 0 Å². The summed E-state index contributed by atoms with van der Waals surface area (Å²) in [5.41, 5.74) is 0.700. The van der Waals surface area contributed by atoms with Crippen LogP contribution in [0.15, 0.2) is 22.7 Å². The number of halogens is 2. The molecular weight excluding hydrogens is 221 g/mol. The van der Waals surface area contributed by atoms with Crippen molar-refractivity contribution < 1.29 is 4.39 Å². The van der Waals surface area contributed by atoms with Gasteiger partial charge in [-0.3, -0.25) is 0 Å². The van der Waals surface area contributed by atoms with Crippen molar-refractivity contribution in [3.8, 4) is 0 Å². The summed E-state index contributed by atoms with van der Waals surface area (Å²) in [6, 6.07) is 5.31. The van der Waals surface area contributed by atoms with Gasteiger partial charge in [-0.2, -0.15) is 0 Å². The van der Waals surface area contributed by atoms with Gasteiger partial charge in [-0.25, -0.2) is 4.39 Å². The first-order valence-electron chi connectivity index (χ1n) is 3.89. The molecule has 0 aliphatic rings. The Bertz CT molecular complexity index is 263. The maximum atomic E-state index is 13.2. The molecule has 1 N–H and O–H groups in total. The highest BCUT2D eigenvalue weighted by Crippen LogP contribution is 2.18. The van der Waals surface area contributed by atoms with Crippen molar-refractivity contribution in [2.45, 2.75) is 13.5 Å². The van der Waals surface area contributed by atoms with Crippen LogP contribution >= 0.6 is 15.9 Å². The number of rotatable bonds is 3. The highest BCUT2D eigenvalue weighted by molar-refractivity contribution is 9.10. The van der Waals surface area contributed by atoms with Crippen LogP contribution in [0.2, 0.25) is 0 Å². The van der Waals surface area contributed by atoms with E-state index in [0.717, 1.165) is 6.54 Å². The molecule has 0 heterocycles. The summed E-state index contributed by atoms with van der Waals surface area (Å²) in [7, 11) is 0. The van der Waals surface area contributed by atoms with Crippen LogP contribution in [0.1, 0.15) is 12.5 Å². The van der Waals surface area contributed by atoms with E-state index in [1.54, 1.807) is 12.1 Å². The van der Waals surface area contributed by atoms with Gasteiger partial charge in [0, 0.05) is 12.1 Å². The molecule has 0 radical (unpaired) electrons. The molecule has 12 heavy (non-hydrogen) atoms. The molecule has 0 saturated heterocycles. The zero-order chi connectivity index (χ0) is 8.97. The topological polar surface area (TPSA) is 12.0 Å². The van der Waals surface area contributed by atoms with Crippen molar-refractivity contribution in [3.05, 3.63) is 34.1 Å². The Hall–Kier alpha value is -0.410. The van der Waals surface area contributed by atoms with Gasteiger partial charge in [-0.15, -0.1) is 0 Å². The van der Waals surface area contributed by atoms with E-state index in [2.05, 4.69) is 21.2 Å². The quantitative estimate of drug-likeness (QED) is 0.844. The van der Waals surface area contributed by atoms with Crippen LogP contribution in [0, 0.1) is 5.82 Å². The van der Waals surface area contributed by atoms with Crippen molar-refractivity contribution in [2.75, 3.05) is 6.54 Å². The molecule has 0 amide bonds. The van der Waals surface area contributed by atoms with Crippen LogP contribution in [-0.4, -0.2) is 6.54 Å². The zero-order valence-corrected chi connectivity index (χ0v) is 8.49. The predicted molar refractivity (Wildman–Crippen MR) is 51.5 cm³/mol. The van der Waals surface area contributed by atoms with Gasteiger partial charge in [0.1, 0.15) is 5.82 Å². The Balaban J connectivity index is 2.78. The predicted octanol–water partition coefficient (Wildman–Crippen LogP) is 2.70. The monoisotopic (exact) mass is 231 g/mol. The minimum atomic E-state index is -0.168. The molecule has 0 spiro atoms. The maximum Gasteiger partial charge on any atom is 0.141 e. The molecule has 0 atom stereocenters. The van der Waals surface area contributed by atoms with E-state index < -0.39 is 0 Å².